The Bertz CT molecular complexity index is 928. The van der Waals surface area contributed by atoms with Crippen molar-refractivity contribution < 1.29 is 13.2 Å². The number of pyridine rings is 1. The van der Waals surface area contributed by atoms with Crippen LogP contribution in [0.1, 0.15) is 31.2 Å². The zero-order valence-corrected chi connectivity index (χ0v) is 14.4. The molecule has 0 unspecified atom stereocenters. The predicted molar refractivity (Wildman–Crippen MR) is 89.0 cm³/mol. The molecule has 4 heterocycles. The van der Waals surface area contributed by atoms with E-state index in [1.807, 2.05) is 0 Å². The first-order chi connectivity index (χ1) is 12.0. The van der Waals surface area contributed by atoms with E-state index >= 15 is 0 Å². The van der Waals surface area contributed by atoms with E-state index in [0.717, 1.165) is 54.7 Å². The molecule has 0 aliphatic carbocycles. The molecule has 9 heteroatoms. The molecule has 0 bridgehead atoms. The minimum absolute atomic E-state index is 0.216. The molecule has 0 radical (unpaired) electrons. The van der Waals surface area contributed by atoms with Gasteiger partial charge in [0.15, 0.2) is 5.82 Å². The van der Waals surface area contributed by atoms with Crippen LogP contribution in [0.5, 0.6) is 0 Å². The zero-order valence-electron chi connectivity index (χ0n) is 13.5. The van der Waals surface area contributed by atoms with Gasteiger partial charge in [-0.25, -0.2) is 9.67 Å². The van der Waals surface area contributed by atoms with Crippen molar-refractivity contribution in [2.75, 3.05) is 5.75 Å². The van der Waals surface area contributed by atoms with Crippen LogP contribution in [0.2, 0.25) is 0 Å². The van der Waals surface area contributed by atoms with Gasteiger partial charge in [-0.3, -0.25) is 4.98 Å². The van der Waals surface area contributed by atoms with Gasteiger partial charge in [0.1, 0.15) is 21.9 Å². The Morgan fingerprint density at radius 3 is 2.84 bits per heavy atom. The first-order valence-corrected chi connectivity index (χ1v) is 9.11. The molecule has 0 spiro atoms. The Hall–Kier alpha value is -2.03. The van der Waals surface area contributed by atoms with E-state index in [9.17, 15) is 13.2 Å². The number of nitrogens with zero attached hydrogens (tertiary/aromatic N) is 5. The van der Waals surface area contributed by atoms with Crippen molar-refractivity contribution in [1.29, 1.82) is 0 Å². The Morgan fingerprint density at radius 2 is 2.08 bits per heavy atom. The summed E-state index contributed by atoms with van der Waals surface area (Å²) in [5, 5.41) is 5.32. The Morgan fingerprint density at radius 1 is 1.24 bits per heavy atom. The second-order valence-electron chi connectivity index (χ2n) is 5.90. The van der Waals surface area contributed by atoms with Gasteiger partial charge in [0.05, 0.1) is 11.8 Å². The van der Waals surface area contributed by atoms with Gasteiger partial charge in [-0.1, -0.05) is 6.92 Å². The molecule has 5 nitrogen and oxygen atoms in total. The number of fused-ring (bicyclic) bond motifs is 2. The van der Waals surface area contributed by atoms with Crippen molar-refractivity contribution in [2.45, 2.75) is 43.9 Å². The molecule has 3 aromatic rings. The molecular weight excluding hydrogens is 351 g/mol. The summed E-state index contributed by atoms with van der Waals surface area (Å²) in [6, 6.07) is 1.03. The van der Waals surface area contributed by atoms with Crippen LogP contribution in [0.3, 0.4) is 0 Å². The molecule has 25 heavy (non-hydrogen) atoms. The van der Waals surface area contributed by atoms with Gasteiger partial charge >= 0.3 is 6.18 Å². The number of rotatable bonds is 3. The average Bonchev–Trinajstić information content (AvgIpc) is 3.15. The van der Waals surface area contributed by atoms with Gasteiger partial charge in [-0.15, -0.1) is 11.8 Å². The van der Waals surface area contributed by atoms with Gasteiger partial charge in [0, 0.05) is 19.2 Å². The molecule has 132 valence electrons. The third-order valence-corrected chi connectivity index (χ3v) is 5.16. The second-order valence-corrected chi connectivity index (χ2v) is 7.15. The van der Waals surface area contributed by atoms with Gasteiger partial charge in [0.2, 0.25) is 0 Å². The lowest BCUT2D eigenvalue weighted by atomic mass is 10.2. The summed E-state index contributed by atoms with van der Waals surface area (Å²) in [4.78, 5) is 8.61. The number of halogens is 3. The topological polar surface area (TPSA) is 48.5 Å². The maximum absolute atomic E-state index is 12.9. The molecule has 0 aromatic carbocycles. The maximum Gasteiger partial charge on any atom is 0.417 e. The Labute approximate surface area is 146 Å². The van der Waals surface area contributed by atoms with Gasteiger partial charge in [-0.2, -0.15) is 18.3 Å². The minimum Gasteiger partial charge on any atom is -0.321 e. The number of hydrogen-bond donors (Lipinski definition) is 0. The van der Waals surface area contributed by atoms with E-state index in [1.54, 1.807) is 22.6 Å². The third-order valence-electron chi connectivity index (χ3n) is 4.20. The highest BCUT2D eigenvalue weighted by molar-refractivity contribution is 7.99. The monoisotopic (exact) mass is 367 g/mol. The number of hydrogen-bond acceptors (Lipinski definition) is 4. The lowest BCUT2D eigenvalue weighted by Gasteiger charge is -2.15. The lowest BCUT2D eigenvalue weighted by molar-refractivity contribution is -0.137. The van der Waals surface area contributed by atoms with Crippen LogP contribution in [-0.4, -0.2) is 30.1 Å². The van der Waals surface area contributed by atoms with Crippen LogP contribution in [0, 0.1) is 0 Å². The minimum atomic E-state index is -4.43. The fourth-order valence-corrected chi connectivity index (χ4v) is 3.93. The van der Waals surface area contributed by atoms with Crippen LogP contribution in [0.15, 0.2) is 23.5 Å². The van der Waals surface area contributed by atoms with Crippen molar-refractivity contribution in [3.63, 3.8) is 0 Å². The average molecular weight is 367 g/mol. The highest BCUT2D eigenvalue weighted by atomic mass is 32.2. The molecule has 4 rings (SSSR count). The quantitative estimate of drug-likeness (QED) is 0.655. The third kappa shape index (κ3) is 2.90. The first kappa shape index (κ1) is 16.4. The summed E-state index contributed by atoms with van der Waals surface area (Å²) >= 11 is 1.67. The molecule has 0 saturated carbocycles. The van der Waals surface area contributed by atoms with Crippen molar-refractivity contribution in [3.05, 3.63) is 29.8 Å². The molecule has 0 atom stereocenters. The first-order valence-electron chi connectivity index (χ1n) is 8.12. The standard InChI is InChI=1S/C16H16F3N5S/c1-2-25-15-14(21-13-5-3-4-6-23(13)15)24-9-12-11(22-24)7-10(8-20-12)16(17,18)19/h7-9H,2-6H2,1H3. The van der Waals surface area contributed by atoms with E-state index in [4.69, 9.17) is 4.98 Å². The zero-order chi connectivity index (χ0) is 17.6. The number of aromatic nitrogens is 5. The Balaban J connectivity index is 1.83. The molecule has 0 fully saturated rings. The fourth-order valence-electron chi connectivity index (χ4n) is 3.04. The normalized spacial score (nSPS) is 14.9. The number of alkyl halides is 3. The highest BCUT2D eigenvalue weighted by Gasteiger charge is 2.31. The summed E-state index contributed by atoms with van der Waals surface area (Å²) in [6.07, 6.45) is 1.18. The summed E-state index contributed by atoms with van der Waals surface area (Å²) in [5.74, 6) is 2.58. The SMILES string of the molecule is CCSc1c(-n2cc3ncc(C(F)(F)F)cc3n2)nc2n1CCCC2. The molecule has 0 amide bonds. The van der Waals surface area contributed by atoms with Crippen LogP contribution in [0.4, 0.5) is 13.2 Å². The van der Waals surface area contributed by atoms with E-state index < -0.39 is 11.7 Å². The number of imidazole rings is 1. The van der Waals surface area contributed by atoms with Crippen LogP contribution in [-0.2, 0) is 19.1 Å². The van der Waals surface area contributed by atoms with E-state index in [2.05, 4.69) is 21.6 Å². The fraction of sp³-hybridized carbons (Fsp3) is 0.438. The summed E-state index contributed by atoms with van der Waals surface area (Å²) < 4.78 is 42.4. The predicted octanol–water partition coefficient (Wildman–Crippen LogP) is 4.08. The highest BCUT2D eigenvalue weighted by Crippen LogP contribution is 2.32. The van der Waals surface area contributed by atoms with Crippen LogP contribution >= 0.6 is 11.8 Å². The lowest BCUT2D eigenvalue weighted by Crippen LogP contribution is -2.11. The van der Waals surface area contributed by atoms with Gasteiger partial charge in [-0.05, 0) is 24.7 Å². The Kier molecular flexibility index (Phi) is 3.98. The smallest absolute Gasteiger partial charge is 0.321 e. The van der Waals surface area contributed by atoms with E-state index in [-0.39, 0.29) is 5.52 Å². The van der Waals surface area contributed by atoms with Crippen molar-refractivity contribution in [3.8, 4) is 5.82 Å². The molecule has 1 aliphatic rings. The van der Waals surface area contributed by atoms with Gasteiger partial charge < -0.3 is 4.57 Å². The van der Waals surface area contributed by atoms with Crippen LogP contribution < -0.4 is 0 Å². The van der Waals surface area contributed by atoms with E-state index in [0.29, 0.717) is 11.3 Å². The maximum atomic E-state index is 12.9. The number of thioether (sulfide) groups is 1. The van der Waals surface area contributed by atoms with E-state index in [1.165, 1.54) is 0 Å². The summed E-state index contributed by atoms with van der Waals surface area (Å²) in [5.41, 5.74) is -0.155. The van der Waals surface area contributed by atoms with Crippen molar-refractivity contribution in [1.82, 2.24) is 24.3 Å². The summed E-state index contributed by atoms with van der Waals surface area (Å²) in [7, 11) is 0. The van der Waals surface area contributed by atoms with Crippen molar-refractivity contribution >= 4 is 22.8 Å². The molecule has 0 saturated heterocycles. The molecular formula is C16H16F3N5S. The molecule has 0 N–H and O–H groups in total. The largest absolute Gasteiger partial charge is 0.417 e. The molecule has 1 aliphatic heterocycles. The number of aryl methyl sites for hydroxylation is 1. The van der Waals surface area contributed by atoms with Gasteiger partial charge in [0.25, 0.3) is 0 Å². The molecule has 3 aromatic heterocycles. The summed E-state index contributed by atoms with van der Waals surface area (Å²) in [6.45, 7) is 2.98. The second kappa shape index (κ2) is 6.05. The van der Waals surface area contributed by atoms with Crippen molar-refractivity contribution in [2.24, 2.45) is 0 Å². The van der Waals surface area contributed by atoms with Crippen LogP contribution in [0.25, 0.3) is 16.9 Å².